The summed E-state index contributed by atoms with van der Waals surface area (Å²) in [5, 5.41) is 4.63. The van der Waals surface area contributed by atoms with Gasteiger partial charge in [0.25, 0.3) is 0 Å². The van der Waals surface area contributed by atoms with Crippen molar-refractivity contribution in [1.29, 1.82) is 0 Å². The zero-order valence-corrected chi connectivity index (χ0v) is 11.6. The number of halogens is 2. The van der Waals surface area contributed by atoms with E-state index in [1.54, 1.807) is 0 Å². The van der Waals surface area contributed by atoms with Gasteiger partial charge < -0.3 is 10.2 Å². The first kappa shape index (κ1) is 15.0. The van der Waals surface area contributed by atoms with Crippen LogP contribution in [0.3, 0.4) is 0 Å². The molecule has 1 fully saturated rings. The van der Waals surface area contributed by atoms with Gasteiger partial charge in [0.2, 0.25) is 0 Å². The zero-order valence-electron chi connectivity index (χ0n) is 10.0. The topological polar surface area (TPSA) is 28.2 Å². The molecular formula is C13H17Cl2N3. The summed E-state index contributed by atoms with van der Waals surface area (Å²) in [6.45, 7) is 4.29. The van der Waals surface area contributed by atoms with Gasteiger partial charge in [-0.1, -0.05) is 18.2 Å². The molecule has 0 unspecified atom stereocenters. The van der Waals surface area contributed by atoms with Crippen molar-refractivity contribution in [2.45, 2.75) is 0 Å². The maximum Gasteiger partial charge on any atom is 0.0722 e. The molecule has 5 heteroatoms. The third kappa shape index (κ3) is 2.86. The summed E-state index contributed by atoms with van der Waals surface area (Å²) >= 11 is 0. The van der Waals surface area contributed by atoms with Crippen molar-refractivity contribution in [2.75, 3.05) is 31.1 Å². The number of para-hydroxylation sites is 1. The number of pyridine rings is 1. The van der Waals surface area contributed by atoms with E-state index in [0.717, 1.165) is 31.7 Å². The van der Waals surface area contributed by atoms with Gasteiger partial charge in [-0.05, 0) is 12.1 Å². The van der Waals surface area contributed by atoms with E-state index >= 15 is 0 Å². The molecule has 3 nitrogen and oxygen atoms in total. The van der Waals surface area contributed by atoms with Gasteiger partial charge in [-0.3, -0.25) is 4.98 Å². The van der Waals surface area contributed by atoms with Gasteiger partial charge in [0.05, 0.1) is 5.52 Å². The molecule has 1 saturated heterocycles. The molecule has 0 atom stereocenters. The van der Waals surface area contributed by atoms with Crippen LogP contribution >= 0.6 is 24.8 Å². The molecular weight excluding hydrogens is 269 g/mol. The second-order valence-corrected chi connectivity index (χ2v) is 4.08. The second kappa shape index (κ2) is 6.78. The molecule has 2 aromatic rings. The average Bonchev–Trinajstić information content (AvgIpc) is 2.39. The Labute approximate surface area is 119 Å². The van der Waals surface area contributed by atoms with Gasteiger partial charge in [0.15, 0.2) is 0 Å². The van der Waals surface area contributed by atoms with Crippen LogP contribution in [-0.4, -0.2) is 31.2 Å². The van der Waals surface area contributed by atoms with Crippen molar-refractivity contribution < 1.29 is 0 Å². The van der Waals surface area contributed by atoms with Gasteiger partial charge in [-0.25, -0.2) is 0 Å². The third-order valence-electron chi connectivity index (χ3n) is 3.08. The zero-order chi connectivity index (χ0) is 10.8. The Morgan fingerprint density at radius 3 is 2.50 bits per heavy atom. The lowest BCUT2D eigenvalue weighted by Gasteiger charge is -2.30. The first-order valence-corrected chi connectivity index (χ1v) is 5.74. The number of fused-ring (bicyclic) bond motifs is 1. The van der Waals surface area contributed by atoms with Crippen molar-refractivity contribution in [3.63, 3.8) is 0 Å². The summed E-state index contributed by atoms with van der Waals surface area (Å²) in [5.41, 5.74) is 2.39. The molecule has 0 aliphatic carbocycles. The fraction of sp³-hybridized carbons (Fsp3) is 0.308. The van der Waals surface area contributed by atoms with E-state index in [9.17, 15) is 0 Å². The minimum absolute atomic E-state index is 0. The number of benzene rings is 1. The Hall–Kier alpha value is -1.03. The van der Waals surface area contributed by atoms with Crippen LogP contribution in [0.15, 0.2) is 36.5 Å². The maximum atomic E-state index is 4.39. The summed E-state index contributed by atoms with van der Waals surface area (Å²) in [6, 6.07) is 10.5. The maximum absolute atomic E-state index is 4.39. The van der Waals surface area contributed by atoms with Crippen LogP contribution in [0.4, 0.5) is 5.69 Å². The average molecular weight is 286 g/mol. The molecule has 0 saturated carbocycles. The Kier molecular flexibility index (Phi) is 5.66. The van der Waals surface area contributed by atoms with Gasteiger partial charge >= 0.3 is 0 Å². The molecule has 2 heterocycles. The Morgan fingerprint density at radius 2 is 1.72 bits per heavy atom. The largest absolute Gasteiger partial charge is 0.368 e. The number of rotatable bonds is 1. The fourth-order valence-electron chi connectivity index (χ4n) is 2.26. The molecule has 0 spiro atoms. The van der Waals surface area contributed by atoms with Crippen LogP contribution in [0.1, 0.15) is 0 Å². The quantitative estimate of drug-likeness (QED) is 0.873. The molecule has 0 bridgehead atoms. The van der Waals surface area contributed by atoms with Crippen molar-refractivity contribution in [1.82, 2.24) is 10.3 Å². The van der Waals surface area contributed by atoms with E-state index in [2.05, 4.69) is 39.5 Å². The second-order valence-electron chi connectivity index (χ2n) is 4.08. The molecule has 1 aliphatic heterocycles. The summed E-state index contributed by atoms with van der Waals surface area (Å²) in [5.74, 6) is 0. The Bertz CT molecular complexity index is 493. The highest BCUT2D eigenvalue weighted by Gasteiger charge is 2.12. The van der Waals surface area contributed by atoms with E-state index in [0.29, 0.717) is 0 Å². The first-order chi connectivity index (χ1) is 7.95. The number of nitrogens with zero attached hydrogens (tertiary/aromatic N) is 2. The number of piperazine rings is 1. The van der Waals surface area contributed by atoms with Crippen LogP contribution in [0.2, 0.25) is 0 Å². The van der Waals surface area contributed by atoms with Crippen LogP contribution in [-0.2, 0) is 0 Å². The van der Waals surface area contributed by atoms with Gasteiger partial charge in [0.1, 0.15) is 0 Å². The molecule has 1 aliphatic rings. The highest BCUT2D eigenvalue weighted by molar-refractivity contribution is 5.91. The van der Waals surface area contributed by atoms with E-state index in [-0.39, 0.29) is 24.8 Å². The lowest BCUT2D eigenvalue weighted by atomic mass is 10.1. The minimum Gasteiger partial charge on any atom is -0.368 e. The van der Waals surface area contributed by atoms with Crippen LogP contribution in [0, 0.1) is 0 Å². The normalized spacial score (nSPS) is 14.8. The Morgan fingerprint density at radius 1 is 1.00 bits per heavy atom. The number of nitrogens with one attached hydrogen (secondary N) is 1. The molecule has 0 radical (unpaired) electrons. The van der Waals surface area contributed by atoms with Crippen LogP contribution < -0.4 is 10.2 Å². The summed E-state index contributed by atoms with van der Waals surface area (Å²) in [4.78, 5) is 6.83. The molecule has 1 aromatic heterocycles. The molecule has 3 rings (SSSR count). The van der Waals surface area contributed by atoms with E-state index < -0.39 is 0 Å². The fourth-order valence-corrected chi connectivity index (χ4v) is 2.26. The van der Waals surface area contributed by atoms with Crippen molar-refractivity contribution >= 4 is 41.4 Å². The lowest BCUT2D eigenvalue weighted by Crippen LogP contribution is -2.43. The molecule has 1 N–H and O–H groups in total. The first-order valence-electron chi connectivity index (χ1n) is 5.74. The minimum atomic E-state index is 0. The molecule has 1 aromatic carbocycles. The summed E-state index contributed by atoms with van der Waals surface area (Å²) < 4.78 is 0. The predicted octanol–water partition coefficient (Wildman–Crippen LogP) is 2.49. The summed E-state index contributed by atoms with van der Waals surface area (Å²) in [6.07, 6.45) is 1.90. The standard InChI is InChI=1S/C13H15N3.2ClH/c1-2-4-12-11(3-1)13(5-6-15-12)16-9-7-14-8-10-16;;/h1-6,14H,7-10H2;2*1H. The smallest absolute Gasteiger partial charge is 0.0722 e. The molecule has 0 amide bonds. The van der Waals surface area contributed by atoms with Crippen LogP contribution in [0.5, 0.6) is 0 Å². The van der Waals surface area contributed by atoms with Gasteiger partial charge in [0, 0.05) is 43.4 Å². The number of hydrogen-bond acceptors (Lipinski definition) is 3. The number of anilines is 1. The summed E-state index contributed by atoms with van der Waals surface area (Å²) in [7, 11) is 0. The third-order valence-corrected chi connectivity index (χ3v) is 3.08. The van der Waals surface area contributed by atoms with E-state index in [4.69, 9.17) is 0 Å². The van der Waals surface area contributed by atoms with E-state index in [1.165, 1.54) is 11.1 Å². The SMILES string of the molecule is Cl.Cl.c1ccc2c(N3CCNCC3)ccnc2c1. The lowest BCUT2D eigenvalue weighted by molar-refractivity contribution is 0.590. The predicted molar refractivity (Wildman–Crippen MR) is 81.3 cm³/mol. The van der Waals surface area contributed by atoms with Gasteiger partial charge in [-0.2, -0.15) is 0 Å². The van der Waals surface area contributed by atoms with Crippen molar-refractivity contribution in [3.8, 4) is 0 Å². The highest BCUT2D eigenvalue weighted by Crippen LogP contribution is 2.24. The molecule has 18 heavy (non-hydrogen) atoms. The Balaban J connectivity index is 0.000000810. The van der Waals surface area contributed by atoms with E-state index in [1.807, 2.05) is 12.3 Å². The molecule has 98 valence electrons. The highest BCUT2D eigenvalue weighted by atomic mass is 35.5. The van der Waals surface area contributed by atoms with Crippen molar-refractivity contribution in [2.24, 2.45) is 0 Å². The number of aromatic nitrogens is 1. The van der Waals surface area contributed by atoms with Crippen LogP contribution in [0.25, 0.3) is 10.9 Å². The van der Waals surface area contributed by atoms with Gasteiger partial charge in [-0.15, -0.1) is 24.8 Å². The van der Waals surface area contributed by atoms with Crippen molar-refractivity contribution in [3.05, 3.63) is 36.5 Å². The number of hydrogen-bond donors (Lipinski definition) is 1. The monoisotopic (exact) mass is 285 g/mol.